The predicted octanol–water partition coefficient (Wildman–Crippen LogP) is 4.92. The fourth-order valence-electron chi connectivity index (χ4n) is 2.35. The molecule has 0 aliphatic carbocycles. The maximum absolute atomic E-state index is 13.0. The van der Waals surface area contributed by atoms with Crippen LogP contribution in [-0.4, -0.2) is 11.1 Å². The summed E-state index contributed by atoms with van der Waals surface area (Å²) in [6.45, 7) is 3.57. The van der Waals surface area contributed by atoms with E-state index in [9.17, 15) is 9.18 Å². The van der Waals surface area contributed by atoms with E-state index < -0.39 is 5.91 Å². The lowest BCUT2D eigenvalue weighted by atomic mass is 10.1. The van der Waals surface area contributed by atoms with Crippen LogP contribution in [-0.2, 0) is 6.61 Å². The van der Waals surface area contributed by atoms with E-state index in [0.29, 0.717) is 27.8 Å². The first-order valence-electron chi connectivity index (χ1n) is 7.85. The van der Waals surface area contributed by atoms with E-state index >= 15 is 0 Å². The molecule has 0 spiro atoms. The van der Waals surface area contributed by atoms with Crippen molar-refractivity contribution in [1.82, 2.24) is 5.16 Å². The Labute approximate surface area is 154 Å². The molecule has 2 aromatic carbocycles. The number of carbonyl (C=O) groups is 1. The third-order valence-electron chi connectivity index (χ3n) is 3.91. The van der Waals surface area contributed by atoms with Crippen molar-refractivity contribution in [3.05, 3.63) is 75.9 Å². The summed E-state index contributed by atoms with van der Waals surface area (Å²) in [7, 11) is 0. The van der Waals surface area contributed by atoms with Crippen molar-refractivity contribution >= 4 is 23.2 Å². The first-order chi connectivity index (χ1) is 12.5. The summed E-state index contributed by atoms with van der Waals surface area (Å²) in [4.78, 5) is 12.6. The van der Waals surface area contributed by atoms with Gasteiger partial charge in [-0.25, -0.2) is 4.39 Å². The summed E-state index contributed by atoms with van der Waals surface area (Å²) < 4.78 is 23.7. The van der Waals surface area contributed by atoms with Gasteiger partial charge in [-0.2, -0.15) is 0 Å². The molecule has 7 heteroatoms. The van der Waals surface area contributed by atoms with Gasteiger partial charge in [0.25, 0.3) is 5.91 Å². The number of aryl methyl sites for hydroxylation is 1. The van der Waals surface area contributed by atoms with E-state index in [0.717, 1.165) is 5.56 Å². The van der Waals surface area contributed by atoms with E-state index in [4.69, 9.17) is 20.9 Å². The number of aromatic nitrogens is 1. The van der Waals surface area contributed by atoms with Crippen LogP contribution in [0.25, 0.3) is 0 Å². The van der Waals surface area contributed by atoms with Crippen molar-refractivity contribution < 1.29 is 18.4 Å². The second kappa shape index (κ2) is 7.58. The van der Waals surface area contributed by atoms with Gasteiger partial charge in [0, 0.05) is 10.7 Å². The lowest BCUT2D eigenvalue weighted by Gasteiger charge is -2.10. The normalized spacial score (nSPS) is 10.6. The van der Waals surface area contributed by atoms with Gasteiger partial charge in [0.1, 0.15) is 23.9 Å². The number of hydrogen-bond donors (Lipinski definition) is 1. The molecule has 0 aliphatic rings. The quantitative estimate of drug-likeness (QED) is 0.688. The van der Waals surface area contributed by atoms with Crippen molar-refractivity contribution in [2.24, 2.45) is 0 Å². The zero-order valence-corrected chi connectivity index (χ0v) is 14.9. The molecule has 5 nitrogen and oxygen atoms in total. The Kier molecular flexibility index (Phi) is 5.23. The average Bonchev–Trinajstić information content (AvgIpc) is 2.99. The highest BCUT2D eigenvalue weighted by Gasteiger charge is 2.21. The topological polar surface area (TPSA) is 64.4 Å². The Morgan fingerprint density at radius 3 is 2.69 bits per heavy atom. The minimum atomic E-state index is -0.426. The van der Waals surface area contributed by atoms with Gasteiger partial charge in [-0.05, 0) is 55.8 Å². The van der Waals surface area contributed by atoms with Crippen LogP contribution in [0, 0.1) is 19.7 Å². The Balaban J connectivity index is 1.77. The van der Waals surface area contributed by atoms with Crippen LogP contribution in [0.2, 0.25) is 5.02 Å². The first-order valence-corrected chi connectivity index (χ1v) is 8.23. The molecule has 0 atom stereocenters. The molecule has 1 N–H and O–H groups in total. The van der Waals surface area contributed by atoms with E-state index in [1.807, 2.05) is 6.92 Å². The van der Waals surface area contributed by atoms with Crippen LogP contribution in [0.1, 0.15) is 27.4 Å². The van der Waals surface area contributed by atoms with Crippen molar-refractivity contribution in [3.63, 3.8) is 0 Å². The zero-order chi connectivity index (χ0) is 18.7. The van der Waals surface area contributed by atoms with Gasteiger partial charge >= 0.3 is 0 Å². The van der Waals surface area contributed by atoms with Crippen LogP contribution < -0.4 is 10.1 Å². The lowest BCUT2D eigenvalue weighted by molar-refractivity contribution is 0.101. The van der Waals surface area contributed by atoms with E-state index in [2.05, 4.69) is 10.5 Å². The summed E-state index contributed by atoms with van der Waals surface area (Å²) in [5.74, 6) is 0.171. The molecule has 1 heterocycles. The minimum absolute atomic E-state index is 0.0677. The third kappa shape index (κ3) is 3.86. The van der Waals surface area contributed by atoms with Crippen molar-refractivity contribution in [3.8, 4) is 5.75 Å². The second-order valence-electron chi connectivity index (χ2n) is 5.68. The largest absolute Gasteiger partial charge is 0.489 e. The molecule has 0 bridgehead atoms. The second-order valence-corrected chi connectivity index (χ2v) is 6.08. The van der Waals surface area contributed by atoms with Crippen molar-refractivity contribution in [2.75, 3.05) is 5.32 Å². The van der Waals surface area contributed by atoms with E-state index in [1.54, 1.807) is 25.1 Å². The number of halogens is 2. The third-order valence-corrected chi connectivity index (χ3v) is 4.32. The van der Waals surface area contributed by atoms with Gasteiger partial charge in [0.05, 0.1) is 5.56 Å². The number of benzene rings is 2. The van der Waals surface area contributed by atoms with Crippen molar-refractivity contribution in [2.45, 2.75) is 20.5 Å². The first kappa shape index (κ1) is 17.9. The molecular weight excluding hydrogens is 359 g/mol. The van der Waals surface area contributed by atoms with Crippen molar-refractivity contribution in [1.29, 1.82) is 0 Å². The summed E-state index contributed by atoms with van der Waals surface area (Å²) >= 11 is 6.08. The Morgan fingerprint density at radius 2 is 1.96 bits per heavy atom. The molecule has 3 aromatic rings. The van der Waals surface area contributed by atoms with Gasteiger partial charge in [-0.3, -0.25) is 4.79 Å². The van der Waals surface area contributed by atoms with Gasteiger partial charge in [0.2, 0.25) is 0 Å². The Bertz CT molecular complexity index is 938. The zero-order valence-electron chi connectivity index (χ0n) is 14.2. The van der Waals surface area contributed by atoms with Gasteiger partial charge in [0.15, 0.2) is 5.69 Å². The fourth-order valence-corrected chi connectivity index (χ4v) is 2.52. The number of anilines is 1. The SMILES string of the molecule is Cc1onc(C(=O)Nc2cccc(Cl)c2C)c1COc1ccc(F)cc1. The molecule has 0 aliphatic heterocycles. The standard InChI is InChI=1S/C19H16ClFN2O3/c1-11-16(20)4-3-5-17(11)22-19(24)18-15(12(2)26-23-18)10-25-14-8-6-13(21)7-9-14/h3-9H,10H2,1-2H3,(H,22,24). The van der Waals surface area contributed by atoms with Gasteiger partial charge in [-0.15, -0.1) is 0 Å². The maximum atomic E-state index is 13.0. The van der Waals surface area contributed by atoms with Gasteiger partial charge in [-0.1, -0.05) is 22.8 Å². The molecule has 0 radical (unpaired) electrons. The van der Waals surface area contributed by atoms with E-state index in [-0.39, 0.29) is 18.1 Å². The monoisotopic (exact) mass is 374 g/mol. The summed E-state index contributed by atoms with van der Waals surface area (Å²) in [5.41, 5.74) is 2.00. The fraction of sp³-hybridized carbons (Fsp3) is 0.158. The number of hydrogen-bond acceptors (Lipinski definition) is 4. The highest BCUT2D eigenvalue weighted by molar-refractivity contribution is 6.31. The Hall–Kier alpha value is -2.86. The number of nitrogens with zero attached hydrogens (tertiary/aromatic N) is 1. The molecule has 1 aromatic heterocycles. The van der Waals surface area contributed by atoms with Crippen LogP contribution in [0.4, 0.5) is 10.1 Å². The number of rotatable bonds is 5. The average molecular weight is 375 g/mol. The summed E-state index contributed by atoms with van der Waals surface area (Å²) in [5, 5.41) is 7.16. The van der Waals surface area contributed by atoms with Crippen LogP contribution in [0.3, 0.4) is 0 Å². The highest BCUT2D eigenvalue weighted by Crippen LogP contribution is 2.24. The molecule has 0 fully saturated rings. The van der Waals surface area contributed by atoms with Crippen LogP contribution >= 0.6 is 11.6 Å². The molecule has 0 saturated heterocycles. The number of carbonyl (C=O) groups excluding carboxylic acids is 1. The molecular formula is C19H16ClFN2O3. The van der Waals surface area contributed by atoms with E-state index in [1.165, 1.54) is 24.3 Å². The molecule has 0 unspecified atom stereocenters. The lowest BCUT2D eigenvalue weighted by Crippen LogP contribution is -2.16. The Morgan fingerprint density at radius 1 is 1.23 bits per heavy atom. The smallest absolute Gasteiger partial charge is 0.278 e. The number of nitrogens with one attached hydrogen (secondary N) is 1. The molecule has 0 saturated carbocycles. The highest BCUT2D eigenvalue weighted by atomic mass is 35.5. The number of ether oxygens (including phenoxy) is 1. The molecule has 1 amide bonds. The minimum Gasteiger partial charge on any atom is -0.489 e. The molecule has 134 valence electrons. The van der Waals surface area contributed by atoms with Crippen LogP contribution in [0.15, 0.2) is 47.0 Å². The maximum Gasteiger partial charge on any atom is 0.278 e. The summed E-state index contributed by atoms with van der Waals surface area (Å²) in [6, 6.07) is 10.9. The molecule has 3 rings (SSSR count). The number of amides is 1. The van der Waals surface area contributed by atoms with Crippen LogP contribution in [0.5, 0.6) is 5.75 Å². The van der Waals surface area contributed by atoms with Gasteiger partial charge < -0.3 is 14.6 Å². The predicted molar refractivity (Wildman–Crippen MR) is 96.1 cm³/mol. The molecule has 26 heavy (non-hydrogen) atoms. The summed E-state index contributed by atoms with van der Waals surface area (Å²) in [6.07, 6.45) is 0.